The number of aliphatic hydroxyl groups is 2. The van der Waals surface area contributed by atoms with Crippen molar-refractivity contribution in [3.8, 4) is 0 Å². The maximum atomic E-state index is 10.4. The van der Waals surface area contributed by atoms with E-state index in [1.165, 1.54) is 11.8 Å². The van der Waals surface area contributed by atoms with Gasteiger partial charge in [0.1, 0.15) is 6.10 Å². The number of anilines is 1. The number of aliphatic hydroxyl groups excluding tert-OH is 2. The zero-order chi connectivity index (χ0) is 21.3. The summed E-state index contributed by atoms with van der Waals surface area (Å²) in [7, 11) is 0. The van der Waals surface area contributed by atoms with Gasteiger partial charge in [-0.2, -0.15) is 0 Å². The van der Waals surface area contributed by atoms with Crippen molar-refractivity contribution in [2.45, 2.75) is 60.9 Å². The minimum Gasteiger partial charge on any atom is -0.390 e. The summed E-state index contributed by atoms with van der Waals surface area (Å²) in [6.07, 6.45) is 1.45. The zero-order valence-corrected chi connectivity index (χ0v) is 18.6. The molecule has 0 spiro atoms. The van der Waals surface area contributed by atoms with E-state index in [2.05, 4.69) is 32.5 Å². The first-order valence-corrected chi connectivity index (χ1v) is 11.4. The van der Waals surface area contributed by atoms with Crippen molar-refractivity contribution in [1.29, 1.82) is 0 Å². The van der Waals surface area contributed by atoms with Gasteiger partial charge in [0.2, 0.25) is 0 Å². The molecule has 1 saturated carbocycles. The van der Waals surface area contributed by atoms with E-state index in [4.69, 9.17) is 23.2 Å². The SMILES string of the molecule is CCCCNc1nc(Sc2ccc(Cl)c(Cl)c2)nc2c1nnn2[C@@H]1CC[C@@H](O)[C@H]1O. The highest BCUT2D eigenvalue weighted by atomic mass is 35.5. The molecule has 3 atom stereocenters. The van der Waals surface area contributed by atoms with Crippen LogP contribution in [0.2, 0.25) is 10.0 Å². The molecular formula is C19H22Cl2N6O2S. The van der Waals surface area contributed by atoms with Crippen LogP contribution < -0.4 is 5.32 Å². The molecule has 0 unspecified atom stereocenters. The summed E-state index contributed by atoms with van der Waals surface area (Å²) in [6, 6.07) is 4.96. The van der Waals surface area contributed by atoms with Crippen LogP contribution in [0.25, 0.3) is 11.2 Å². The van der Waals surface area contributed by atoms with E-state index >= 15 is 0 Å². The predicted octanol–water partition coefficient (Wildman–Crippen LogP) is 3.95. The maximum Gasteiger partial charge on any atom is 0.196 e. The number of hydrogen-bond acceptors (Lipinski definition) is 8. The van der Waals surface area contributed by atoms with Gasteiger partial charge in [0.05, 0.1) is 22.2 Å². The highest BCUT2D eigenvalue weighted by Crippen LogP contribution is 2.35. The molecule has 1 aliphatic carbocycles. The monoisotopic (exact) mass is 468 g/mol. The normalized spacial score (nSPS) is 21.4. The Hall–Kier alpha value is -1.65. The highest BCUT2D eigenvalue weighted by molar-refractivity contribution is 7.99. The lowest BCUT2D eigenvalue weighted by molar-refractivity contribution is 0.0215. The van der Waals surface area contributed by atoms with Gasteiger partial charge in [0.25, 0.3) is 0 Å². The van der Waals surface area contributed by atoms with Gasteiger partial charge < -0.3 is 15.5 Å². The summed E-state index contributed by atoms with van der Waals surface area (Å²) in [5.41, 5.74) is 1.06. The summed E-state index contributed by atoms with van der Waals surface area (Å²) < 4.78 is 1.60. The Morgan fingerprint density at radius 1 is 1.20 bits per heavy atom. The van der Waals surface area contributed by atoms with Gasteiger partial charge in [-0.05, 0) is 49.2 Å². The summed E-state index contributed by atoms with van der Waals surface area (Å²) in [5.74, 6) is 0.593. The lowest BCUT2D eigenvalue weighted by atomic mass is 10.2. The first kappa shape index (κ1) is 21.6. The second-order valence-electron chi connectivity index (χ2n) is 7.22. The van der Waals surface area contributed by atoms with Gasteiger partial charge in [-0.1, -0.05) is 41.8 Å². The van der Waals surface area contributed by atoms with Crippen molar-refractivity contribution in [2.24, 2.45) is 0 Å². The second-order valence-corrected chi connectivity index (χ2v) is 9.08. The van der Waals surface area contributed by atoms with Crippen molar-refractivity contribution in [3.63, 3.8) is 0 Å². The molecule has 0 amide bonds. The molecule has 160 valence electrons. The first-order valence-electron chi connectivity index (χ1n) is 9.83. The average Bonchev–Trinajstić information content (AvgIpc) is 3.28. The molecular weight excluding hydrogens is 447 g/mol. The molecule has 2 heterocycles. The fraction of sp³-hybridized carbons (Fsp3) is 0.474. The smallest absolute Gasteiger partial charge is 0.196 e. The lowest BCUT2D eigenvalue weighted by Crippen LogP contribution is -2.28. The lowest BCUT2D eigenvalue weighted by Gasteiger charge is -2.16. The van der Waals surface area contributed by atoms with Crippen LogP contribution in [0.1, 0.15) is 38.6 Å². The molecule has 4 rings (SSSR count). The van der Waals surface area contributed by atoms with E-state index in [1.807, 2.05) is 6.07 Å². The van der Waals surface area contributed by atoms with Crippen LogP contribution in [0.4, 0.5) is 5.82 Å². The van der Waals surface area contributed by atoms with Crippen molar-refractivity contribution in [2.75, 3.05) is 11.9 Å². The van der Waals surface area contributed by atoms with Crippen LogP contribution >= 0.6 is 35.0 Å². The number of rotatable bonds is 7. The number of hydrogen-bond donors (Lipinski definition) is 3. The minimum atomic E-state index is -0.910. The molecule has 2 aromatic heterocycles. The van der Waals surface area contributed by atoms with E-state index in [-0.39, 0.29) is 6.04 Å². The number of fused-ring (bicyclic) bond motifs is 1. The van der Waals surface area contributed by atoms with E-state index in [1.54, 1.807) is 16.8 Å². The minimum absolute atomic E-state index is 0.383. The predicted molar refractivity (Wildman–Crippen MR) is 117 cm³/mol. The van der Waals surface area contributed by atoms with Crippen LogP contribution in [0.15, 0.2) is 28.3 Å². The van der Waals surface area contributed by atoms with Crippen molar-refractivity contribution in [3.05, 3.63) is 28.2 Å². The molecule has 1 aromatic carbocycles. The maximum absolute atomic E-state index is 10.4. The number of halogens is 2. The van der Waals surface area contributed by atoms with Gasteiger partial charge in [0, 0.05) is 11.4 Å². The third kappa shape index (κ3) is 4.36. The van der Waals surface area contributed by atoms with Gasteiger partial charge >= 0.3 is 0 Å². The van der Waals surface area contributed by atoms with E-state index in [9.17, 15) is 10.2 Å². The zero-order valence-electron chi connectivity index (χ0n) is 16.3. The standard InChI is InChI=1S/C19H22Cl2N6O2S/c1-2-3-8-22-17-15-18(27(26-25-15)13-6-7-14(28)16(13)29)24-19(23-17)30-10-4-5-11(20)12(21)9-10/h4-5,9,13-14,16,28-29H,2-3,6-8H2,1H3,(H,22,23,24)/t13-,14-,16+/m1/s1. The summed E-state index contributed by atoms with van der Waals surface area (Å²) >= 11 is 13.5. The van der Waals surface area contributed by atoms with E-state index < -0.39 is 12.2 Å². The Balaban J connectivity index is 1.73. The Bertz CT molecular complexity index is 1050. The molecule has 30 heavy (non-hydrogen) atoms. The van der Waals surface area contributed by atoms with Crippen molar-refractivity contribution in [1.82, 2.24) is 25.0 Å². The Morgan fingerprint density at radius 3 is 2.73 bits per heavy atom. The summed E-state index contributed by atoms with van der Waals surface area (Å²) in [6.45, 7) is 2.86. The average molecular weight is 469 g/mol. The molecule has 1 aliphatic rings. The first-order chi connectivity index (χ1) is 14.5. The number of aromatic nitrogens is 5. The number of nitrogens with one attached hydrogen (secondary N) is 1. The molecule has 0 bridgehead atoms. The number of unbranched alkanes of at least 4 members (excludes halogenated alkanes) is 1. The van der Waals surface area contributed by atoms with Gasteiger partial charge in [-0.15, -0.1) is 5.10 Å². The number of nitrogens with zero attached hydrogens (tertiary/aromatic N) is 5. The third-order valence-electron chi connectivity index (χ3n) is 5.09. The van der Waals surface area contributed by atoms with Crippen molar-refractivity contribution >= 4 is 51.9 Å². The molecule has 8 nitrogen and oxygen atoms in total. The van der Waals surface area contributed by atoms with Crippen LogP contribution in [0.5, 0.6) is 0 Å². The molecule has 3 N–H and O–H groups in total. The second kappa shape index (κ2) is 9.23. The molecule has 1 fully saturated rings. The topological polar surface area (TPSA) is 109 Å². The van der Waals surface area contributed by atoms with E-state index in [0.717, 1.165) is 24.3 Å². The Kier molecular flexibility index (Phi) is 6.64. The van der Waals surface area contributed by atoms with Gasteiger partial charge in [-0.25, -0.2) is 14.6 Å². The van der Waals surface area contributed by atoms with E-state index in [0.29, 0.717) is 45.0 Å². The fourth-order valence-electron chi connectivity index (χ4n) is 3.44. The molecule has 0 saturated heterocycles. The quantitative estimate of drug-likeness (QED) is 0.353. The van der Waals surface area contributed by atoms with Gasteiger partial charge in [-0.3, -0.25) is 0 Å². The Labute approximate surface area is 188 Å². The van der Waals surface area contributed by atoms with Crippen LogP contribution in [-0.4, -0.2) is 53.9 Å². The fourth-order valence-corrected chi connectivity index (χ4v) is 4.59. The van der Waals surface area contributed by atoms with Gasteiger partial charge in [0.15, 0.2) is 22.1 Å². The molecule has 0 radical (unpaired) electrons. The van der Waals surface area contributed by atoms with Crippen LogP contribution in [0.3, 0.4) is 0 Å². The summed E-state index contributed by atoms with van der Waals surface area (Å²) in [5, 5.41) is 33.6. The van der Waals surface area contributed by atoms with Crippen LogP contribution in [0, 0.1) is 0 Å². The number of benzene rings is 1. The molecule has 11 heteroatoms. The summed E-state index contributed by atoms with van der Waals surface area (Å²) in [4.78, 5) is 10.1. The Morgan fingerprint density at radius 2 is 2.03 bits per heavy atom. The highest BCUT2D eigenvalue weighted by Gasteiger charge is 2.37. The molecule has 0 aliphatic heterocycles. The third-order valence-corrected chi connectivity index (χ3v) is 6.68. The van der Waals surface area contributed by atoms with Crippen molar-refractivity contribution < 1.29 is 10.2 Å². The molecule has 3 aromatic rings. The largest absolute Gasteiger partial charge is 0.390 e. The van der Waals surface area contributed by atoms with Crippen LogP contribution in [-0.2, 0) is 0 Å².